The fourth-order valence-corrected chi connectivity index (χ4v) is 1.55. The molecule has 0 aliphatic carbocycles. The highest BCUT2D eigenvalue weighted by atomic mass is 79.9. The Morgan fingerprint density at radius 3 is 2.87 bits per heavy atom. The van der Waals surface area contributed by atoms with Gasteiger partial charge in [0.15, 0.2) is 0 Å². The molecule has 1 aromatic heterocycles. The Balaban J connectivity index is 2.76. The fraction of sp³-hybridized carbons (Fsp3) is 0.400. The van der Waals surface area contributed by atoms with Crippen molar-refractivity contribution in [1.29, 1.82) is 0 Å². The predicted molar refractivity (Wildman–Crippen MR) is 60.6 cm³/mol. The summed E-state index contributed by atoms with van der Waals surface area (Å²) in [6, 6.07) is 5.15. The first-order chi connectivity index (χ1) is 7.00. The number of pyridine rings is 1. The van der Waals surface area contributed by atoms with E-state index in [4.69, 9.17) is 5.11 Å². The van der Waals surface area contributed by atoms with Gasteiger partial charge in [0.25, 0.3) is 5.91 Å². The molecule has 0 aliphatic rings. The molecule has 4 nitrogen and oxygen atoms in total. The molecule has 1 heterocycles. The van der Waals surface area contributed by atoms with E-state index < -0.39 is 6.10 Å². The maximum Gasteiger partial charge on any atom is 0.272 e. The molecule has 0 bridgehead atoms. The molecule has 1 amide bonds. The van der Waals surface area contributed by atoms with Crippen LogP contribution in [0, 0.1) is 0 Å². The minimum absolute atomic E-state index is 0.197. The SMILES string of the molecule is CC(O)CN(C)C(=O)c1cccc(Br)n1. The number of amides is 1. The third kappa shape index (κ3) is 3.60. The summed E-state index contributed by atoms with van der Waals surface area (Å²) in [5.41, 5.74) is 0.368. The van der Waals surface area contributed by atoms with Gasteiger partial charge < -0.3 is 10.0 Å². The molecule has 5 heteroatoms. The Morgan fingerprint density at radius 1 is 1.67 bits per heavy atom. The second-order valence-corrected chi connectivity index (χ2v) is 4.19. The molecule has 0 spiro atoms. The normalized spacial score (nSPS) is 12.3. The number of halogens is 1. The summed E-state index contributed by atoms with van der Waals surface area (Å²) in [6.07, 6.45) is -0.536. The third-order valence-electron chi connectivity index (χ3n) is 1.82. The average molecular weight is 273 g/mol. The molecule has 0 radical (unpaired) electrons. The summed E-state index contributed by atoms with van der Waals surface area (Å²) < 4.78 is 0.624. The largest absolute Gasteiger partial charge is 0.392 e. The number of aromatic nitrogens is 1. The molecule has 0 fully saturated rings. The molecule has 0 saturated carbocycles. The molecule has 1 atom stereocenters. The van der Waals surface area contributed by atoms with Gasteiger partial charge in [-0.1, -0.05) is 6.07 Å². The van der Waals surface area contributed by atoms with E-state index in [1.165, 1.54) is 4.90 Å². The molecule has 1 N–H and O–H groups in total. The molecule has 0 aromatic carbocycles. The van der Waals surface area contributed by atoms with Crippen LogP contribution in [-0.2, 0) is 0 Å². The van der Waals surface area contributed by atoms with Crippen LogP contribution in [0.15, 0.2) is 22.8 Å². The Bertz CT molecular complexity index is 355. The van der Waals surface area contributed by atoms with Gasteiger partial charge in [-0.05, 0) is 35.0 Å². The van der Waals surface area contributed by atoms with E-state index in [0.29, 0.717) is 16.8 Å². The van der Waals surface area contributed by atoms with Gasteiger partial charge in [-0.25, -0.2) is 4.98 Å². The van der Waals surface area contributed by atoms with Gasteiger partial charge in [0.2, 0.25) is 0 Å². The molecule has 15 heavy (non-hydrogen) atoms. The molecule has 1 rings (SSSR count). The van der Waals surface area contributed by atoms with Crippen molar-refractivity contribution in [2.75, 3.05) is 13.6 Å². The first kappa shape index (κ1) is 12.1. The van der Waals surface area contributed by atoms with Crippen molar-refractivity contribution in [3.8, 4) is 0 Å². The topological polar surface area (TPSA) is 53.4 Å². The maximum absolute atomic E-state index is 11.8. The van der Waals surface area contributed by atoms with Crippen LogP contribution in [0.1, 0.15) is 17.4 Å². The second-order valence-electron chi connectivity index (χ2n) is 3.38. The lowest BCUT2D eigenvalue weighted by Gasteiger charge is -2.18. The Kier molecular flexibility index (Phi) is 4.23. The van der Waals surface area contributed by atoms with E-state index in [0.717, 1.165) is 0 Å². The lowest BCUT2D eigenvalue weighted by Crippen LogP contribution is -2.33. The van der Waals surface area contributed by atoms with Gasteiger partial charge in [0, 0.05) is 13.6 Å². The van der Waals surface area contributed by atoms with E-state index in [9.17, 15) is 4.79 Å². The third-order valence-corrected chi connectivity index (χ3v) is 2.26. The first-order valence-electron chi connectivity index (χ1n) is 4.57. The summed E-state index contributed by atoms with van der Waals surface area (Å²) in [7, 11) is 1.64. The highest BCUT2D eigenvalue weighted by Crippen LogP contribution is 2.08. The van der Waals surface area contributed by atoms with Crippen LogP contribution in [0.2, 0.25) is 0 Å². The molecule has 0 aliphatic heterocycles. The number of rotatable bonds is 3. The average Bonchev–Trinajstić information content (AvgIpc) is 2.15. The quantitative estimate of drug-likeness (QED) is 0.844. The Morgan fingerprint density at radius 2 is 2.33 bits per heavy atom. The van der Waals surface area contributed by atoms with Crippen molar-refractivity contribution in [3.63, 3.8) is 0 Å². The standard InChI is InChI=1S/C10H13BrN2O2/c1-7(14)6-13(2)10(15)8-4-3-5-9(11)12-8/h3-5,7,14H,6H2,1-2H3. The lowest BCUT2D eigenvalue weighted by atomic mass is 10.3. The number of likely N-dealkylation sites (N-methyl/N-ethyl adjacent to an activating group) is 1. The molecule has 1 aromatic rings. The zero-order chi connectivity index (χ0) is 11.4. The number of hydrogen-bond donors (Lipinski definition) is 1. The van der Waals surface area contributed by atoms with Crippen molar-refractivity contribution >= 4 is 21.8 Å². The van der Waals surface area contributed by atoms with E-state index in [1.807, 2.05) is 0 Å². The smallest absolute Gasteiger partial charge is 0.272 e. The molecule has 1 unspecified atom stereocenters. The number of carbonyl (C=O) groups is 1. The van der Waals surface area contributed by atoms with E-state index in [-0.39, 0.29) is 5.91 Å². The van der Waals surface area contributed by atoms with Crippen LogP contribution in [-0.4, -0.2) is 40.6 Å². The zero-order valence-corrected chi connectivity index (χ0v) is 10.2. The highest BCUT2D eigenvalue weighted by Gasteiger charge is 2.14. The number of nitrogens with zero attached hydrogens (tertiary/aromatic N) is 2. The van der Waals surface area contributed by atoms with Crippen molar-refractivity contribution in [2.45, 2.75) is 13.0 Å². The van der Waals surface area contributed by atoms with Gasteiger partial charge in [-0.3, -0.25) is 4.79 Å². The van der Waals surface area contributed by atoms with Crippen LogP contribution in [0.3, 0.4) is 0 Å². The fourth-order valence-electron chi connectivity index (χ4n) is 1.20. The molecular formula is C10H13BrN2O2. The monoisotopic (exact) mass is 272 g/mol. The lowest BCUT2D eigenvalue weighted by molar-refractivity contribution is 0.0698. The summed E-state index contributed by atoms with van der Waals surface area (Å²) >= 11 is 3.20. The van der Waals surface area contributed by atoms with Gasteiger partial charge >= 0.3 is 0 Å². The molecule has 82 valence electrons. The predicted octanol–water partition coefficient (Wildman–Crippen LogP) is 1.30. The highest BCUT2D eigenvalue weighted by molar-refractivity contribution is 9.10. The van der Waals surface area contributed by atoms with Crippen LogP contribution in [0.4, 0.5) is 0 Å². The summed E-state index contributed by atoms with van der Waals surface area (Å²) in [6.45, 7) is 1.94. The maximum atomic E-state index is 11.8. The van der Waals surface area contributed by atoms with Gasteiger partial charge in [0.1, 0.15) is 10.3 Å². The van der Waals surface area contributed by atoms with Crippen molar-refractivity contribution in [3.05, 3.63) is 28.5 Å². The number of carbonyl (C=O) groups excluding carboxylic acids is 1. The Hall–Kier alpha value is -0.940. The minimum Gasteiger partial charge on any atom is -0.392 e. The van der Waals surface area contributed by atoms with Crippen LogP contribution in [0.5, 0.6) is 0 Å². The second kappa shape index (κ2) is 5.23. The first-order valence-corrected chi connectivity index (χ1v) is 5.36. The van der Waals surface area contributed by atoms with Crippen molar-refractivity contribution in [2.24, 2.45) is 0 Å². The van der Waals surface area contributed by atoms with E-state index >= 15 is 0 Å². The number of aliphatic hydroxyl groups excluding tert-OH is 1. The zero-order valence-electron chi connectivity index (χ0n) is 8.64. The van der Waals surface area contributed by atoms with Crippen LogP contribution in [0.25, 0.3) is 0 Å². The van der Waals surface area contributed by atoms with Gasteiger partial charge in [-0.2, -0.15) is 0 Å². The summed E-state index contributed by atoms with van der Waals surface area (Å²) in [5.74, 6) is -0.197. The summed E-state index contributed by atoms with van der Waals surface area (Å²) in [4.78, 5) is 17.3. The van der Waals surface area contributed by atoms with Gasteiger partial charge in [-0.15, -0.1) is 0 Å². The van der Waals surface area contributed by atoms with Crippen LogP contribution >= 0.6 is 15.9 Å². The minimum atomic E-state index is -0.536. The van der Waals surface area contributed by atoms with Crippen LogP contribution < -0.4 is 0 Å². The van der Waals surface area contributed by atoms with E-state index in [1.54, 1.807) is 32.2 Å². The van der Waals surface area contributed by atoms with Crippen molar-refractivity contribution in [1.82, 2.24) is 9.88 Å². The van der Waals surface area contributed by atoms with Crippen molar-refractivity contribution < 1.29 is 9.90 Å². The summed E-state index contributed by atoms with van der Waals surface area (Å²) in [5, 5.41) is 9.15. The number of hydrogen-bond acceptors (Lipinski definition) is 3. The van der Waals surface area contributed by atoms with E-state index in [2.05, 4.69) is 20.9 Å². The molecule has 0 saturated heterocycles. The van der Waals surface area contributed by atoms with Gasteiger partial charge in [0.05, 0.1) is 6.10 Å². The number of aliphatic hydroxyl groups is 1. The molecular weight excluding hydrogens is 260 g/mol. The Labute approximate surface area is 97.1 Å².